The summed E-state index contributed by atoms with van der Waals surface area (Å²) in [5.41, 5.74) is 2.21. The molecule has 0 fully saturated rings. The minimum absolute atomic E-state index is 0.0920. The van der Waals surface area contributed by atoms with E-state index in [1.54, 1.807) is 30.5 Å². The van der Waals surface area contributed by atoms with E-state index in [9.17, 15) is 8.42 Å². The van der Waals surface area contributed by atoms with E-state index in [1.807, 2.05) is 51.1 Å². The van der Waals surface area contributed by atoms with E-state index in [0.29, 0.717) is 29.6 Å². The van der Waals surface area contributed by atoms with Crippen LogP contribution in [0.2, 0.25) is 5.02 Å². The number of hydrogen-bond donors (Lipinski definition) is 0. The monoisotopic (exact) mass is 444 g/mol. The SMILES string of the molecule is Cc1cc(N(CC(C)C)S(=O)(=O)c2cccnc2)c(OCc2ccccc2)cc1Cl. The van der Waals surface area contributed by atoms with Gasteiger partial charge >= 0.3 is 0 Å². The Morgan fingerprint density at radius 1 is 1.10 bits per heavy atom. The highest BCUT2D eigenvalue weighted by Crippen LogP contribution is 2.37. The third-order valence-corrected chi connectivity index (χ3v) is 6.67. The van der Waals surface area contributed by atoms with Gasteiger partial charge in [0.2, 0.25) is 0 Å². The fourth-order valence-electron chi connectivity index (χ4n) is 2.98. The number of aromatic nitrogens is 1. The third kappa shape index (κ3) is 5.12. The highest BCUT2D eigenvalue weighted by atomic mass is 35.5. The number of hydrogen-bond acceptors (Lipinski definition) is 4. The van der Waals surface area contributed by atoms with E-state index in [2.05, 4.69) is 4.98 Å². The molecule has 0 N–H and O–H groups in total. The van der Waals surface area contributed by atoms with Gasteiger partial charge in [0.25, 0.3) is 10.0 Å². The lowest BCUT2D eigenvalue weighted by atomic mass is 10.1. The second-order valence-electron chi connectivity index (χ2n) is 7.46. The van der Waals surface area contributed by atoms with E-state index in [1.165, 1.54) is 10.5 Å². The second kappa shape index (κ2) is 9.49. The Balaban J connectivity index is 2.07. The van der Waals surface area contributed by atoms with Crippen LogP contribution in [0.4, 0.5) is 5.69 Å². The molecule has 158 valence electrons. The molecule has 0 aliphatic carbocycles. The number of anilines is 1. The lowest BCUT2D eigenvalue weighted by molar-refractivity contribution is 0.307. The van der Waals surface area contributed by atoms with Crippen molar-refractivity contribution in [1.29, 1.82) is 0 Å². The van der Waals surface area contributed by atoms with Gasteiger partial charge in [-0.25, -0.2) is 8.42 Å². The second-order valence-corrected chi connectivity index (χ2v) is 9.73. The first-order valence-corrected chi connectivity index (χ1v) is 11.5. The zero-order valence-corrected chi connectivity index (χ0v) is 18.8. The maximum absolute atomic E-state index is 13.5. The number of nitrogens with zero attached hydrogens (tertiary/aromatic N) is 2. The highest BCUT2D eigenvalue weighted by Gasteiger charge is 2.29. The molecule has 0 aliphatic heterocycles. The largest absolute Gasteiger partial charge is 0.487 e. The van der Waals surface area contributed by atoms with Gasteiger partial charge in [-0.1, -0.05) is 55.8 Å². The summed E-state index contributed by atoms with van der Waals surface area (Å²) >= 11 is 6.35. The fraction of sp³-hybridized carbons (Fsp3) is 0.261. The summed E-state index contributed by atoms with van der Waals surface area (Å²) in [4.78, 5) is 4.11. The highest BCUT2D eigenvalue weighted by molar-refractivity contribution is 7.92. The van der Waals surface area contributed by atoms with Crippen LogP contribution in [-0.2, 0) is 16.6 Å². The molecule has 2 aromatic carbocycles. The summed E-state index contributed by atoms with van der Waals surface area (Å²) in [6, 6.07) is 16.3. The van der Waals surface area contributed by atoms with Gasteiger partial charge in [0, 0.05) is 30.0 Å². The van der Waals surface area contributed by atoms with Crippen molar-refractivity contribution in [2.45, 2.75) is 32.3 Å². The molecule has 0 saturated heterocycles. The Labute approximate surface area is 183 Å². The van der Waals surface area contributed by atoms with Gasteiger partial charge < -0.3 is 4.74 Å². The first kappa shape index (κ1) is 22.1. The number of sulfonamides is 1. The van der Waals surface area contributed by atoms with Crippen molar-refractivity contribution in [3.05, 3.63) is 83.1 Å². The zero-order valence-electron chi connectivity index (χ0n) is 17.2. The van der Waals surface area contributed by atoms with Gasteiger partial charge in [-0.05, 0) is 42.2 Å². The Morgan fingerprint density at radius 2 is 1.83 bits per heavy atom. The molecule has 0 radical (unpaired) electrons. The maximum atomic E-state index is 13.5. The van der Waals surface area contributed by atoms with E-state index in [-0.39, 0.29) is 10.8 Å². The maximum Gasteiger partial charge on any atom is 0.265 e. The standard InChI is InChI=1S/C23H25ClN2O3S/c1-17(2)15-26(30(27,28)20-10-7-11-25-14-20)22-12-18(3)21(24)13-23(22)29-16-19-8-5-4-6-9-19/h4-14,17H,15-16H2,1-3H3. The molecule has 5 nitrogen and oxygen atoms in total. The predicted octanol–water partition coefficient (Wildman–Crippen LogP) is 5.47. The van der Waals surface area contributed by atoms with Crippen LogP contribution < -0.4 is 9.04 Å². The number of pyridine rings is 1. The molecule has 30 heavy (non-hydrogen) atoms. The summed E-state index contributed by atoms with van der Waals surface area (Å²) in [6.07, 6.45) is 2.91. The average Bonchev–Trinajstić information content (AvgIpc) is 2.74. The molecule has 0 aliphatic rings. The minimum Gasteiger partial charge on any atom is -0.487 e. The Hall–Kier alpha value is -2.57. The lowest BCUT2D eigenvalue weighted by Gasteiger charge is -2.28. The quantitative estimate of drug-likeness (QED) is 0.462. The molecule has 0 saturated carbocycles. The first-order chi connectivity index (χ1) is 14.3. The van der Waals surface area contributed by atoms with Crippen molar-refractivity contribution < 1.29 is 13.2 Å². The van der Waals surface area contributed by atoms with Crippen molar-refractivity contribution in [3.8, 4) is 5.75 Å². The van der Waals surface area contributed by atoms with Gasteiger partial charge in [0.15, 0.2) is 0 Å². The summed E-state index contributed by atoms with van der Waals surface area (Å²) < 4.78 is 34.4. The average molecular weight is 445 g/mol. The van der Waals surface area contributed by atoms with Gasteiger partial charge in [-0.15, -0.1) is 0 Å². The van der Waals surface area contributed by atoms with Gasteiger partial charge in [-0.3, -0.25) is 9.29 Å². The number of benzene rings is 2. The molecule has 0 spiro atoms. The third-order valence-electron chi connectivity index (χ3n) is 4.50. The van der Waals surface area contributed by atoms with Crippen LogP contribution in [0.5, 0.6) is 5.75 Å². The van der Waals surface area contributed by atoms with Crippen molar-refractivity contribution in [2.24, 2.45) is 5.92 Å². The van der Waals surface area contributed by atoms with E-state index >= 15 is 0 Å². The molecular formula is C23H25ClN2O3S. The topological polar surface area (TPSA) is 59.5 Å². The van der Waals surface area contributed by atoms with Crippen LogP contribution in [-0.4, -0.2) is 19.9 Å². The van der Waals surface area contributed by atoms with Crippen LogP contribution >= 0.6 is 11.6 Å². The van der Waals surface area contributed by atoms with Crippen LogP contribution in [0.3, 0.4) is 0 Å². The first-order valence-electron chi connectivity index (χ1n) is 9.68. The number of aryl methyl sites for hydroxylation is 1. The Morgan fingerprint density at radius 3 is 2.47 bits per heavy atom. The van der Waals surface area contributed by atoms with E-state index < -0.39 is 10.0 Å². The molecule has 1 aromatic heterocycles. The molecule has 3 aromatic rings. The van der Waals surface area contributed by atoms with Crippen LogP contribution in [0.1, 0.15) is 25.0 Å². The predicted molar refractivity (Wildman–Crippen MR) is 121 cm³/mol. The minimum atomic E-state index is -3.84. The van der Waals surface area contributed by atoms with E-state index in [4.69, 9.17) is 16.3 Å². The smallest absolute Gasteiger partial charge is 0.265 e. The summed E-state index contributed by atoms with van der Waals surface area (Å²) in [5.74, 6) is 0.511. The molecule has 3 rings (SSSR count). The summed E-state index contributed by atoms with van der Waals surface area (Å²) in [6.45, 7) is 6.38. The van der Waals surface area contributed by atoms with Gasteiger partial charge in [-0.2, -0.15) is 0 Å². The van der Waals surface area contributed by atoms with Crippen molar-refractivity contribution in [3.63, 3.8) is 0 Å². The van der Waals surface area contributed by atoms with Crippen molar-refractivity contribution in [1.82, 2.24) is 4.98 Å². The van der Waals surface area contributed by atoms with Crippen LogP contribution in [0.15, 0.2) is 71.9 Å². The molecule has 0 bridgehead atoms. The molecular weight excluding hydrogens is 420 g/mol. The molecule has 7 heteroatoms. The fourth-order valence-corrected chi connectivity index (χ4v) is 4.73. The van der Waals surface area contributed by atoms with E-state index in [0.717, 1.165) is 11.1 Å². The van der Waals surface area contributed by atoms with Crippen molar-refractivity contribution >= 4 is 27.3 Å². The summed E-state index contributed by atoms with van der Waals surface area (Å²) in [7, 11) is -3.84. The molecule has 0 amide bonds. The normalized spacial score (nSPS) is 11.5. The van der Waals surface area contributed by atoms with Crippen LogP contribution in [0.25, 0.3) is 0 Å². The number of ether oxygens (including phenoxy) is 1. The molecule has 0 atom stereocenters. The number of halogens is 1. The Kier molecular flexibility index (Phi) is 7.00. The van der Waals surface area contributed by atoms with Crippen LogP contribution in [0, 0.1) is 12.8 Å². The molecule has 0 unspecified atom stereocenters. The van der Waals surface area contributed by atoms with Gasteiger partial charge in [0.1, 0.15) is 17.3 Å². The Bertz CT molecular complexity index is 1090. The number of rotatable bonds is 8. The zero-order chi connectivity index (χ0) is 21.7. The summed E-state index contributed by atoms with van der Waals surface area (Å²) in [5, 5.41) is 0.519. The van der Waals surface area contributed by atoms with Gasteiger partial charge in [0.05, 0.1) is 5.69 Å². The lowest BCUT2D eigenvalue weighted by Crippen LogP contribution is -2.34. The van der Waals surface area contributed by atoms with Crippen molar-refractivity contribution in [2.75, 3.05) is 10.8 Å². The molecule has 1 heterocycles.